The summed E-state index contributed by atoms with van der Waals surface area (Å²) in [6.45, 7) is 12.2. The Labute approximate surface area is 264 Å². The van der Waals surface area contributed by atoms with Gasteiger partial charge in [0.05, 0.1) is 61.0 Å². The second-order valence-electron chi connectivity index (χ2n) is 11.8. The molecule has 0 unspecified atom stereocenters. The number of sulfonamides is 1. The van der Waals surface area contributed by atoms with Gasteiger partial charge in [0.1, 0.15) is 12.4 Å². The van der Waals surface area contributed by atoms with Crippen molar-refractivity contribution in [3.05, 3.63) is 71.0 Å². The molecular formula is C32H41N5O7S. The Bertz CT molecular complexity index is 1630. The van der Waals surface area contributed by atoms with Crippen LogP contribution in [0.25, 0.3) is 0 Å². The summed E-state index contributed by atoms with van der Waals surface area (Å²) in [7, 11) is -2.30. The van der Waals surface area contributed by atoms with E-state index in [0.717, 1.165) is 44.7 Å². The molecule has 2 aromatic carbocycles. The van der Waals surface area contributed by atoms with Crippen LogP contribution >= 0.6 is 0 Å². The molecule has 3 aromatic rings. The molecule has 1 aromatic heterocycles. The average molecular weight is 640 g/mol. The molecule has 2 heterocycles. The minimum Gasteiger partial charge on any atom is -0.494 e. The number of rotatable bonds is 11. The van der Waals surface area contributed by atoms with Crippen molar-refractivity contribution < 1.29 is 32.2 Å². The third-order valence-corrected chi connectivity index (χ3v) is 7.77. The van der Waals surface area contributed by atoms with Gasteiger partial charge in [-0.25, -0.2) is 8.42 Å². The molecule has 45 heavy (non-hydrogen) atoms. The van der Waals surface area contributed by atoms with Crippen molar-refractivity contribution in [3.63, 3.8) is 0 Å². The minimum absolute atomic E-state index is 0.0671. The summed E-state index contributed by atoms with van der Waals surface area (Å²) in [5, 5.41) is 5.64. The Balaban J connectivity index is 1.47. The number of morpholine rings is 1. The molecule has 0 aliphatic carbocycles. The standard InChI is InChI=1S/C32H41N5O7S/c1-21-26(30(38)34-23-7-9-25(10-8-23)44-16-13-37-11-14-43-15-12-37)19-24(20-33-21)35-31(39)27-17-22(32(2,3)4)18-28(29(27)42-5)36-45(6,40)41/h7-10,17-20,36H,11-16H2,1-6H3,(H,34,38)(H,35,39). The summed E-state index contributed by atoms with van der Waals surface area (Å²) in [5.41, 5.74) is 2.18. The van der Waals surface area contributed by atoms with Crippen LogP contribution in [0.3, 0.4) is 0 Å². The number of anilines is 3. The quantitative estimate of drug-likeness (QED) is 0.280. The van der Waals surface area contributed by atoms with E-state index in [-0.39, 0.29) is 28.3 Å². The largest absolute Gasteiger partial charge is 0.494 e. The number of benzene rings is 2. The zero-order valence-electron chi connectivity index (χ0n) is 26.5. The van der Waals surface area contributed by atoms with Crippen LogP contribution in [0.1, 0.15) is 52.7 Å². The highest BCUT2D eigenvalue weighted by molar-refractivity contribution is 7.92. The molecule has 2 amide bonds. The molecule has 0 atom stereocenters. The molecule has 0 saturated carbocycles. The van der Waals surface area contributed by atoms with E-state index in [0.29, 0.717) is 23.7 Å². The first kappa shape index (κ1) is 33.7. The molecule has 1 aliphatic rings. The topological polar surface area (TPSA) is 148 Å². The second kappa shape index (κ2) is 14.3. The fraction of sp³-hybridized carbons (Fsp3) is 0.406. The van der Waals surface area contributed by atoms with Gasteiger partial charge in [-0.1, -0.05) is 20.8 Å². The Hall–Kier alpha value is -4.20. The van der Waals surface area contributed by atoms with Crippen LogP contribution < -0.4 is 24.8 Å². The third kappa shape index (κ3) is 9.40. The fourth-order valence-electron chi connectivity index (χ4n) is 4.71. The zero-order chi connectivity index (χ0) is 32.8. The van der Waals surface area contributed by atoms with Crippen molar-refractivity contribution >= 4 is 38.9 Å². The number of methoxy groups -OCH3 is 1. The maximum absolute atomic E-state index is 13.5. The predicted octanol–water partition coefficient (Wildman–Crippen LogP) is 4.28. The summed E-state index contributed by atoms with van der Waals surface area (Å²) in [5.74, 6) is -0.193. The Morgan fingerprint density at radius 2 is 1.62 bits per heavy atom. The van der Waals surface area contributed by atoms with Gasteiger partial charge >= 0.3 is 0 Å². The Kier molecular flexibility index (Phi) is 10.7. The molecule has 1 fully saturated rings. The van der Waals surface area contributed by atoms with Crippen LogP contribution in [0.5, 0.6) is 11.5 Å². The van der Waals surface area contributed by atoms with Gasteiger partial charge in [0.15, 0.2) is 5.75 Å². The van der Waals surface area contributed by atoms with Crippen molar-refractivity contribution in [2.24, 2.45) is 0 Å². The van der Waals surface area contributed by atoms with Gasteiger partial charge in [-0.05, 0) is 60.4 Å². The van der Waals surface area contributed by atoms with Crippen LogP contribution in [-0.2, 0) is 20.2 Å². The van der Waals surface area contributed by atoms with Crippen molar-refractivity contribution in [1.82, 2.24) is 9.88 Å². The molecule has 0 radical (unpaired) electrons. The maximum atomic E-state index is 13.5. The molecular weight excluding hydrogens is 598 g/mol. The van der Waals surface area contributed by atoms with Gasteiger partial charge in [-0.15, -0.1) is 0 Å². The van der Waals surface area contributed by atoms with Crippen molar-refractivity contribution in [2.75, 3.05) is 68.2 Å². The number of carbonyl (C=O) groups is 2. The van der Waals surface area contributed by atoms with Gasteiger partial charge in [0.25, 0.3) is 11.8 Å². The van der Waals surface area contributed by atoms with Crippen LogP contribution in [-0.4, -0.2) is 82.9 Å². The van der Waals surface area contributed by atoms with Gasteiger partial charge in [-0.2, -0.15) is 0 Å². The summed E-state index contributed by atoms with van der Waals surface area (Å²) in [6, 6.07) is 11.9. The summed E-state index contributed by atoms with van der Waals surface area (Å²) in [6.07, 6.45) is 2.47. The van der Waals surface area contributed by atoms with E-state index in [9.17, 15) is 18.0 Å². The Morgan fingerprint density at radius 1 is 0.978 bits per heavy atom. The molecule has 0 spiro atoms. The number of hydrogen-bond acceptors (Lipinski definition) is 9. The molecule has 12 nitrogen and oxygen atoms in total. The summed E-state index contributed by atoms with van der Waals surface area (Å²) < 4.78 is 43.2. The first-order chi connectivity index (χ1) is 21.2. The first-order valence-corrected chi connectivity index (χ1v) is 16.5. The van der Waals surface area contributed by atoms with E-state index in [1.807, 2.05) is 20.8 Å². The Morgan fingerprint density at radius 3 is 2.24 bits per heavy atom. The number of hydrogen-bond donors (Lipinski definition) is 3. The molecule has 13 heteroatoms. The first-order valence-electron chi connectivity index (χ1n) is 14.6. The average Bonchev–Trinajstić information content (AvgIpc) is 2.97. The molecule has 0 bridgehead atoms. The third-order valence-electron chi connectivity index (χ3n) is 7.18. The molecule has 1 aliphatic heterocycles. The van der Waals surface area contributed by atoms with Gasteiger partial charge < -0.3 is 24.8 Å². The fourth-order valence-corrected chi connectivity index (χ4v) is 5.26. The van der Waals surface area contributed by atoms with Crippen molar-refractivity contribution in [1.29, 1.82) is 0 Å². The van der Waals surface area contributed by atoms with Crippen LogP contribution in [0.15, 0.2) is 48.7 Å². The highest BCUT2D eigenvalue weighted by Crippen LogP contribution is 2.36. The van der Waals surface area contributed by atoms with Crippen LogP contribution in [0, 0.1) is 6.92 Å². The normalized spacial score (nSPS) is 14.0. The smallest absolute Gasteiger partial charge is 0.259 e. The molecule has 242 valence electrons. The lowest BCUT2D eigenvalue weighted by Gasteiger charge is -2.26. The van der Waals surface area contributed by atoms with Crippen LogP contribution in [0.4, 0.5) is 17.1 Å². The molecule has 4 rings (SSSR count). The lowest BCUT2D eigenvalue weighted by molar-refractivity contribution is 0.0322. The lowest BCUT2D eigenvalue weighted by atomic mass is 9.85. The van der Waals surface area contributed by atoms with E-state index in [2.05, 4.69) is 25.2 Å². The van der Waals surface area contributed by atoms with E-state index >= 15 is 0 Å². The monoisotopic (exact) mass is 639 g/mol. The zero-order valence-corrected chi connectivity index (χ0v) is 27.3. The predicted molar refractivity (Wildman–Crippen MR) is 174 cm³/mol. The number of carbonyl (C=O) groups excluding carboxylic acids is 2. The maximum Gasteiger partial charge on any atom is 0.259 e. The van der Waals surface area contributed by atoms with Crippen LogP contribution in [0.2, 0.25) is 0 Å². The number of nitrogens with zero attached hydrogens (tertiary/aromatic N) is 2. The number of aryl methyl sites for hydroxylation is 1. The van der Waals surface area contributed by atoms with Gasteiger partial charge in [0.2, 0.25) is 10.0 Å². The number of ether oxygens (including phenoxy) is 3. The summed E-state index contributed by atoms with van der Waals surface area (Å²) >= 11 is 0. The van der Waals surface area contributed by atoms with E-state index in [4.69, 9.17) is 14.2 Å². The van der Waals surface area contributed by atoms with Gasteiger partial charge in [-0.3, -0.25) is 24.2 Å². The summed E-state index contributed by atoms with van der Waals surface area (Å²) in [4.78, 5) is 33.3. The molecule has 1 saturated heterocycles. The highest BCUT2D eigenvalue weighted by atomic mass is 32.2. The van der Waals surface area contributed by atoms with Gasteiger partial charge in [0, 0.05) is 25.3 Å². The van der Waals surface area contributed by atoms with E-state index in [1.54, 1.807) is 43.3 Å². The molecule has 3 N–H and O–H groups in total. The number of pyridine rings is 1. The second-order valence-corrected chi connectivity index (χ2v) is 13.6. The SMILES string of the molecule is COc1c(NS(C)(=O)=O)cc(C(C)(C)C)cc1C(=O)Nc1cnc(C)c(C(=O)Nc2ccc(OCCN3CCOCC3)cc2)c1. The minimum atomic E-state index is -3.66. The van der Waals surface area contributed by atoms with E-state index < -0.39 is 27.3 Å². The van der Waals surface area contributed by atoms with Crippen molar-refractivity contribution in [2.45, 2.75) is 33.1 Å². The number of nitrogens with one attached hydrogen (secondary N) is 3. The van der Waals surface area contributed by atoms with Crippen molar-refractivity contribution in [3.8, 4) is 11.5 Å². The number of amides is 2. The lowest BCUT2D eigenvalue weighted by Crippen LogP contribution is -2.38. The highest BCUT2D eigenvalue weighted by Gasteiger charge is 2.25. The number of aromatic nitrogens is 1. The van der Waals surface area contributed by atoms with E-state index in [1.165, 1.54) is 19.4 Å².